The average Bonchev–Trinajstić information content (AvgIpc) is 2.39. The Bertz CT molecular complexity index is 369. The average molecular weight is 263 g/mol. The van der Waals surface area contributed by atoms with Gasteiger partial charge in [0.25, 0.3) is 0 Å². The van der Waals surface area contributed by atoms with Crippen LogP contribution in [0.5, 0.6) is 0 Å². The third-order valence-corrected chi connectivity index (χ3v) is 3.60. The van der Waals surface area contributed by atoms with Gasteiger partial charge < -0.3 is 10.0 Å². The summed E-state index contributed by atoms with van der Waals surface area (Å²) in [7, 11) is 0. The molecule has 0 radical (unpaired) electrons. The zero-order chi connectivity index (χ0) is 14.3. The molecule has 2 heteroatoms. The number of aliphatic hydroxyl groups excluding tert-OH is 1. The van der Waals surface area contributed by atoms with Gasteiger partial charge in [-0.15, -0.1) is 0 Å². The van der Waals surface area contributed by atoms with Crippen LogP contribution in [0.15, 0.2) is 34.8 Å². The van der Waals surface area contributed by atoms with E-state index in [0.29, 0.717) is 5.76 Å². The van der Waals surface area contributed by atoms with Crippen molar-refractivity contribution in [2.75, 3.05) is 13.1 Å². The quantitative estimate of drug-likeness (QED) is 0.702. The maximum atomic E-state index is 9.85. The SMILES string of the molecule is CCCCN(C=C1C=C(C)C(O)=C(C)C1)CCCC. The number of nitrogens with zero attached hydrogens (tertiary/aromatic N) is 1. The molecule has 1 rings (SSSR count). The first-order valence-corrected chi connectivity index (χ1v) is 7.60. The van der Waals surface area contributed by atoms with Gasteiger partial charge >= 0.3 is 0 Å². The highest BCUT2D eigenvalue weighted by Gasteiger charge is 2.12. The van der Waals surface area contributed by atoms with E-state index < -0.39 is 0 Å². The molecule has 0 aromatic rings. The lowest BCUT2D eigenvalue weighted by molar-refractivity contribution is 0.357. The molecule has 0 fully saturated rings. The van der Waals surface area contributed by atoms with Gasteiger partial charge in [-0.1, -0.05) is 32.8 Å². The maximum Gasteiger partial charge on any atom is 0.117 e. The number of unbranched alkanes of at least 4 members (excludes halogenated alkanes) is 2. The predicted octanol–water partition coefficient (Wildman–Crippen LogP) is 4.95. The normalized spacial score (nSPS) is 17.9. The first-order chi connectivity index (χ1) is 9.08. The number of rotatable bonds is 7. The summed E-state index contributed by atoms with van der Waals surface area (Å²) in [6, 6.07) is 0. The van der Waals surface area contributed by atoms with Gasteiger partial charge in [0.2, 0.25) is 0 Å². The Labute approximate surface area is 118 Å². The van der Waals surface area contributed by atoms with E-state index in [1.165, 1.54) is 31.3 Å². The highest BCUT2D eigenvalue weighted by molar-refractivity contribution is 5.42. The fourth-order valence-electron chi connectivity index (χ4n) is 2.40. The van der Waals surface area contributed by atoms with Crippen LogP contribution in [-0.4, -0.2) is 23.1 Å². The second kappa shape index (κ2) is 8.08. The van der Waals surface area contributed by atoms with E-state index in [4.69, 9.17) is 0 Å². The number of allylic oxidation sites excluding steroid dienone is 4. The molecule has 1 aliphatic rings. The third kappa shape index (κ3) is 5.14. The van der Waals surface area contributed by atoms with Crippen LogP contribution in [0.3, 0.4) is 0 Å². The minimum absolute atomic E-state index is 0.478. The van der Waals surface area contributed by atoms with Crippen molar-refractivity contribution < 1.29 is 5.11 Å². The molecule has 108 valence electrons. The number of hydrogen-bond acceptors (Lipinski definition) is 2. The largest absolute Gasteiger partial charge is 0.508 e. The maximum absolute atomic E-state index is 9.85. The fraction of sp³-hybridized carbons (Fsp3) is 0.647. The second-order valence-electron chi connectivity index (χ2n) is 5.58. The van der Waals surface area contributed by atoms with Crippen molar-refractivity contribution in [1.82, 2.24) is 4.90 Å². The molecule has 0 unspecified atom stereocenters. The fourth-order valence-corrected chi connectivity index (χ4v) is 2.40. The van der Waals surface area contributed by atoms with E-state index >= 15 is 0 Å². The molecule has 1 N–H and O–H groups in total. The lowest BCUT2D eigenvalue weighted by Gasteiger charge is -2.23. The van der Waals surface area contributed by atoms with E-state index in [-0.39, 0.29) is 0 Å². The van der Waals surface area contributed by atoms with Crippen LogP contribution in [0.25, 0.3) is 0 Å². The van der Waals surface area contributed by atoms with Crippen LogP contribution in [0.1, 0.15) is 59.8 Å². The molecule has 0 spiro atoms. The molecular formula is C17H29NO. The molecule has 0 heterocycles. The Hall–Kier alpha value is -1.18. The molecule has 0 saturated heterocycles. The van der Waals surface area contributed by atoms with E-state index in [2.05, 4.69) is 31.0 Å². The van der Waals surface area contributed by atoms with Gasteiger partial charge in [0, 0.05) is 19.3 Å². The lowest BCUT2D eigenvalue weighted by atomic mass is 9.95. The van der Waals surface area contributed by atoms with E-state index in [1.807, 2.05) is 13.8 Å². The zero-order valence-electron chi connectivity index (χ0n) is 13.0. The van der Waals surface area contributed by atoms with Gasteiger partial charge in [-0.2, -0.15) is 0 Å². The molecule has 19 heavy (non-hydrogen) atoms. The molecule has 1 aliphatic carbocycles. The van der Waals surface area contributed by atoms with Crippen molar-refractivity contribution in [3.63, 3.8) is 0 Å². The summed E-state index contributed by atoms with van der Waals surface area (Å²) in [6.07, 6.45) is 10.3. The summed E-state index contributed by atoms with van der Waals surface area (Å²) in [5, 5.41) is 9.85. The smallest absolute Gasteiger partial charge is 0.117 e. The minimum atomic E-state index is 0.478. The van der Waals surface area contributed by atoms with Gasteiger partial charge in [0.1, 0.15) is 5.76 Å². The predicted molar refractivity (Wildman–Crippen MR) is 83.2 cm³/mol. The van der Waals surface area contributed by atoms with Crippen LogP contribution in [0.2, 0.25) is 0 Å². The van der Waals surface area contributed by atoms with Crippen LogP contribution >= 0.6 is 0 Å². The Morgan fingerprint density at radius 1 is 1.16 bits per heavy atom. The highest BCUT2D eigenvalue weighted by Crippen LogP contribution is 2.26. The molecule has 0 aromatic heterocycles. The van der Waals surface area contributed by atoms with Crippen molar-refractivity contribution in [3.8, 4) is 0 Å². The first-order valence-electron chi connectivity index (χ1n) is 7.60. The lowest BCUT2D eigenvalue weighted by Crippen LogP contribution is -2.21. The summed E-state index contributed by atoms with van der Waals surface area (Å²) in [5.41, 5.74) is 3.39. The summed E-state index contributed by atoms with van der Waals surface area (Å²) in [4.78, 5) is 2.45. The van der Waals surface area contributed by atoms with Gasteiger partial charge in [-0.3, -0.25) is 0 Å². The standard InChI is InChI=1S/C17H29NO/c1-5-7-9-18(10-8-6-2)13-16-11-14(3)17(19)15(4)12-16/h11,13,19H,5-10,12H2,1-4H3. The molecule has 0 aromatic carbocycles. The monoisotopic (exact) mass is 263 g/mol. The van der Waals surface area contributed by atoms with Gasteiger partial charge in [0.15, 0.2) is 0 Å². The van der Waals surface area contributed by atoms with Crippen LogP contribution in [0, 0.1) is 0 Å². The molecule has 0 bridgehead atoms. The van der Waals surface area contributed by atoms with Gasteiger partial charge in [0.05, 0.1) is 0 Å². The summed E-state index contributed by atoms with van der Waals surface area (Å²) in [5.74, 6) is 0.478. The summed E-state index contributed by atoms with van der Waals surface area (Å²) in [6.45, 7) is 10.8. The summed E-state index contributed by atoms with van der Waals surface area (Å²) < 4.78 is 0. The first kappa shape index (κ1) is 15.9. The minimum Gasteiger partial charge on any atom is -0.508 e. The molecule has 0 saturated carbocycles. The van der Waals surface area contributed by atoms with E-state index in [1.54, 1.807) is 0 Å². The Balaban J connectivity index is 2.73. The summed E-state index contributed by atoms with van der Waals surface area (Å²) >= 11 is 0. The van der Waals surface area contributed by atoms with Crippen molar-refractivity contribution in [1.29, 1.82) is 0 Å². The van der Waals surface area contributed by atoms with Crippen molar-refractivity contribution in [2.45, 2.75) is 59.8 Å². The van der Waals surface area contributed by atoms with Crippen LogP contribution < -0.4 is 0 Å². The Morgan fingerprint density at radius 3 is 2.21 bits per heavy atom. The van der Waals surface area contributed by atoms with Gasteiger partial charge in [-0.25, -0.2) is 0 Å². The molecule has 0 amide bonds. The topological polar surface area (TPSA) is 23.5 Å². The number of hydrogen-bond donors (Lipinski definition) is 1. The zero-order valence-corrected chi connectivity index (χ0v) is 13.0. The van der Waals surface area contributed by atoms with Crippen molar-refractivity contribution in [3.05, 3.63) is 34.8 Å². The van der Waals surface area contributed by atoms with Crippen molar-refractivity contribution in [2.24, 2.45) is 0 Å². The molecular weight excluding hydrogens is 234 g/mol. The van der Waals surface area contributed by atoms with E-state index in [9.17, 15) is 5.11 Å². The second-order valence-corrected chi connectivity index (χ2v) is 5.58. The van der Waals surface area contributed by atoms with E-state index in [0.717, 1.165) is 30.7 Å². The molecule has 2 nitrogen and oxygen atoms in total. The van der Waals surface area contributed by atoms with Crippen LogP contribution in [0.4, 0.5) is 0 Å². The third-order valence-electron chi connectivity index (χ3n) is 3.60. The van der Waals surface area contributed by atoms with Gasteiger partial charge in [-0.05, 0) is 49.8 Å². The molecule has 0 aliphatic heterocycles. The Morgan fingerprint density at radius 2 is 1.74 bits per heavy atom. The molecule has 0 atom stereocenters. The number of aliphatic hydroxyl groups is 1. The highest BCUT2D eigenvalue weighted by atomic mass is 16.3. The Kier molecular flexibility index (Phi) is 6.75. The van der Waals surface area contributed by atoms with Crippen LogP contribution in [-0.2, 0) is 0 Å². The van der Waals surface area contributed by atoms with Crippen molar-refractivity contribution >= 4 is 0 Å².